The van der Waals surface area contributed by atoms with E-state index < -0.39 is 9.92 Å². The Labute approximate surface area is 61.8 Å². The molecule has 1 atom stereocenters. The molecule has 0 bridgehead atoms. The predicted octanol–water partition coefficient (Wildman–Crippen LogP) is 0.895. The van der Waals surface area contributed by atoms with Crippen molar-refractivity contribution >= 4 is 9.92 Å². The van der Waals surface area contributed by atoms with E-state index in [0.717, 1.165) is 0 Å². The number of nitrogens with one attached hydrogen (secondary N) is 1. The van der Waals surface area contributed by atoms with Crippen LogP contribution in [0.3, 0.4) is 0 Å². The van der Waals surface area contributed by atoms with Crippen LogP contribution in [0.25, 0.3) is 0 Å². The van der Waals surface area contributed by atoms with Crippen molar-refractivity contribution in [1.29, 1.82) is 0 Å². The monoisotopic (exact) mass is 160 g/mol. The topological polar surface area (TPSA) is 41.5 Å². The fraction of sp³-hybridized carbons (Fsp3) is 0.667. The smallest absolute Gasteiger partial charge is 0.115 e. The Bertz CT molecular complexity index is 261. The minimum absolute atomic E-state index is 0.0618. The first kappa shape index (κ1) is 7.75. The predicted molar refractivity (Wildman–Crippen MR) is 42.8 cm³/mol. The Balaban J connectivity index is 3.01. The van der Waals surface area contributed by atoms with Gasteiger partial charge in [-0.1, -0.05) is 6.58 Å². The summed E-state index contributed by atoms with van der Waals surface area (Å²) >= 11 is 0. The van der Waals surface area contributed by atoms with Crippen molar-refractivity contribution in [2.45, 2.75) is 19.1 Å². The molecule has 1 unspecified atom stereocenters. The van der Waals surface area contributed by atoms with Gasteiger partial charge in [0.25, 0.3) is 0 Å². The van der Waals surface area contributed by atoms with Crippen LogP contribution >= 0.6 is 0 Å². The van der Waals surface area contributed by atoms with Gasteiger partial charge in [-0.15, -0.1) is 0 Å². The summed E-state index contributed by atoms with van der Waals surface area (Å²) in [5.41, 5.74) is 0.693. The molecule has 0 aromatic heterocycles. The quantitative estimate of drug-likeness (QED) is 0.608. The lowest BCUT2D eigenvalue weighted by atomic mass is 10.5. The molecule has 1 aliphatic heterocycles. The maximum Gasteiger partial charge on any atom is 0.115 e. The SMILES string of the molecule is C=C1CNS(=O)(C(C)C)=N1. The second-order valence-electron chi connectivity index (χ2n) is 2.60. The summed E-state index contributed by atoms with van der Waals surface area (Å²) in [6.07, 6.45) is 0. The zero-order chi connectivity index (χ0) is 7.78. The van der Waals surface area contributed by atoms with Crippen LogP contribution in [0.2, 0.25) is 0 Å². The number of hydrogen-bond donors (Lipinski definition) is 1. The molecule has 58 valence electrons. The Morgan fingerprint density at radius 1 is 1.80 bits per heavy atom. The largest absolute Gasteiger partial charge is 0.233 e. The summed E-state index contributed by atoms with van der Waals surface area (Å²) in [6.45, 7) is 7.96. The molecule has 0 amide bonds. The molecule has 4 heteroatoms. The van der Waals surface area contributed by atoms with Crippen LogP contribution in [0.4, 0.5) is 0 Å². The highest BCUT2D eigenvalue weighted by Gasteiger charge is 2.19. The molecule has 0 radical (unpaired) electrons. The van der Waals surface area contributed by atoms with Gasteiger partial charge in [0.2, 0.25) is 0 Å². The zero-order valence-corrected chi connectivity index (χ0v) is 7.07. The van der Waals surface area contributed by atoms with E-state index in [1.54, 1.807) is 0 Å². The molecular formula is C6H12N2OS. The second kappa shape index (κ2) is 2.36. The average molecular weight is 160 g/mol. The van der Waals surface area contributed by atoms with E-state index in [0.29, 0.717) is 12.2 Å². The van der Waals surface area contributed by atoms with Crippen molar-refractivity contribution in [3.8, 4) is 0 Å². The highest BCUT2D eigenvalue weighted by atomic mass is 32.2. The second-order valence-corrected chi connectivity index (χ2v) is 5.15. The summed E-state index contributed by atoms with van der Waals surface area (Å²) in [5.74, 6) is 0. The van der Waals surface area contributed by atoms with E-state index in [9.17, 15) is 4.21 Å². The highest BCUT2D eigenvalue weighted by molar-refractivity contribution is 7.92. The lowest BCUT2D eigenvalue weighted by Gasteiger charge is -2.06. The van der Waals surface area contributed by atoms with Crippen LogP contribution in [0.15, 0.2) is 16.6 Å². The van der Waals surface area contributed by atoms with E-state index in [2.05, 4.69) is 15.7 Å². The van der Waals surface area contributed by atoms with E-state index in [1.165, 1.54) is 0 Å². The highest BCUT2D eigenvalue weighted by Crippen LogP contribution is 2.11. The van der Waals surface area contributed by atoms with Gasteiger partial charge < -0.3 is 0 Å². The van der Waals surface area contributed by atoms with Crippen molar-refractivity contribution < 1.29 is 4.21 Å². The summed E-state index contributed by atoms with van der Waals surface area (Å²) in [5, 5.41) is 0.0618. The first-order valence-corrected chi connectivity index (χ1v) is 4.81. The van der Waals surface area contributed by atoms with Gasteiger partial charge in [0.15, 0.2) is 0 Å². The van der Waals surface area contributed by atoms with Gasteiger partial charge in [0.05, 0.1) is 17.5 Å². The zero-order valence-electron chi connectivity index (χ0n) is 6.26. The maximum atomic E-state index is 11.6. The van der Waals surface area contributed by atoms with Crippen molar-refractivity contribution in [3.05, 3.63) is 12.3 Å². The number of hydrogen-bond acceptors (Lipinski definition) is 2. The van der Waals surface area contributed by atoms with E-state index in [-0.39, 0.29) is 5.25 Å². The van der Waals surface area contributed by atoms with E-state index in [4.69, 9.17) is 0 Å². The Morgan fingerprint density at radius 3 is 2.60 bits per heavy atom. The lowest BCUT2D eigenvalue weighted by Crippen LogP contribution is -2.26. The Kier molecular flexibility index (Phi) is 1.83. The van der Waals surface area contributed by atoms with Crippen LogP contribution in [0, 0.1) is 0 Å². The van der Waals surface area contributed by atoms with Crippen LogP contribution < -0.4 is 4.72 Å². The molecule has 0 fully saturated rings. The summed E-state index contributed by atoms with van der Waals surface area (Å²) < 4.78 is 18.3. The van der Waals surface area contributed by atoms with Crippen molar-refractivity contribution in [2.24, 2.45) is 4.36 Å². The van der Waals surface area contributed by atoms with Crippen molar-refractivity contribution in [1.82, 2.24) is 4.72 Å². The summed E-state index contributed by atoms with van der Waals surface area (Å²) in [6, 6.07) is 0. The van der Waals surface area contributed by atoms with Crippen LogP contribution in [0.5, 0.6) is 0 Å². The van der Waals surface area contributed by atoms with E-state index >= 15 is 0 Å². The van der Waals surface area contributed by atoms with Gasteiger partial charge in [0.1, 0.15) is 9.92 Å². The first-order chi connectivity index (χ1) is 4.54. The van der Waals surface area contributed by atoms with Gasteiger partial charge in [-0.05, 0) is 13.8 Å². The average Bonchev–Trinajstić information content (AvgIpc) is 2.13. The molecule has 0 aromatic carbocycles. The normalized spacial score (nSPS) is 32.9. The van der Waals surface area contributed by atoms with Crippen molar-refractivity contribution in [2.75, 3.05) is 6.54 Å². The molecule has 0 spiro atoms. The van der Waals surface area contributed by atoms with Crippen LogP contribution in [-0.2, 0) is 9.92 Å². The van der Waals surface area contributed by atoms with Gasteiger partial charge in [0, 0.05) is 0 Å². The van der Waals surface area contributed by atoms with E-state index in [1.807, 2.05) is 13.8 Å². The molecule has 0 aromatic rings. The standard InChI is InChI=1S/C6H12N2OS/c1-5(2)10(9)7-4-6(3)8-10/h5H,3-4H2,1-2H3,(H,7,8,9). The first-order valence-electron chi connectivity index (χ1n) is 3.23. The van der Waals surface area contributed by atoms with Crippen molar-refractivity contribution in [3.63, 3.8) is 0 Å². The Hall–Kier alpha value is -0.350. The summed E-state index contributed by atoms with van der Waals surface area (Å²) in [4.78, 5) is 0. The molecule has 1 heterocycles. The maximum absolute atomic E-state index is 11.6. The molecule has 1 aliphatic rings. The minimum atomic E-state index is -2.14. The minimum Gasteiger partial charge on any atom is -0.233 e. The molecule has 3 nitrogen and oxygen atoms in total. The third kappa shape index (κ3) is 1.22. The molecular weight excluding hydrogens is 148 g/mol. The lowest BCUT2D eigenvalue weighted by molar-refractivity contribution is 0.665. The van der Waals surface area contributed by atoms with Gasteiger partial charge in [-0.25, -0.2) is 8.93 Å². The number of nitrogens with zero attached hydrogens (tertiary/aromatic N) is 1. The molecule has 0 saturated heterocycles. The van der Waals surface area contributed by atoms with Gasteiger partial charge in [-0.2, -0.15) is 4.36 Å². The molecule has 0 aliphatic carbocycles. The molecule has 0 saturated carbocycles. The molecule has 1 N–H and O–H groups in total. The van der Waals surface area contributed by atoms with Gasteiger partial charge >= 0.3 is 0 Å². The van der Waals surface area contributed by atoms with Crippen LogP contribution in [-0.4, -0.2) is 16.0 Å². The van der Waals surface area contributed by atoms with Gasteiger partial charge in [-0.3, -0.25) is 0 Å². The molecule has 1 rings (SSSR count). The fourth-order valence-electron chi connectivity index (χ4n) is 0.715. The summed E-state index contributed by atoms with van der Waals surface area (Å²) in [7, 11) is -2.14. The number of rotatable bonds is 1. The fourth-order valence-corrected chi connectivity index (χ4v) is 2.15. The molecule has 10 heavy (non-hydrogen) atoms. The third-order valence-corrected chi connectivity index (χ3v) is 3.75. The third-order valence-electron chi connectivity index (χ3n) is 1.39. The van der Waals surface area contributed by atoms with Crippen LogP contribution in [0.1, 0.15) is 13.8 Å². The Morgan fingerprint density at radius 2 is 2.40 bits per heavy atom.